The topological polar surface area (TPSA) is 171 Å². The van der Waals surface area contributed by atoms with Crippen molar-refractivity contribution in [3.05, 3.63) is 95.4 Å². The molecule has 302 valence electrons. The zero-order valence-corrected chi connectivity index (χ0v) is 33.6. The number of amides is 2. The lowest BCUT2D eigenvalue weighted by Gasteiger charge is -2.26. The third-order valence-corrected chi connectivity index (χ3v) is 9.67. The minimum Gasteiger partial charge on any atom is -0.466 e. The van der Waals surface area contributed by atoms with Gasteiger partial charge in [-0.1, -0.05) is 92.7 Å². The van der Waals surface area contributed by atoms with Crippen LogP contribution < -0.4 is 10.6 Å². The van der Waals surface area contributed by atoms with E-state index in [9.17, 15) is 33.0 Å². The van der Waals surface area contributed by atoms with Crippen LogP contribution in [0.5, 0.6) is 0 Å². The van der Waals surface area contributed by atoms with Gasteiger partial charge in [-0.15, -0.1) is 0 Å². The van der Waals surface area contributed by atoms with Gasteiger partial charge in [0, 0.05) is 25.0 Å². The molecule has 3 aromatic rings. The number of ether oxygens (including phenoxy) is 3. The van der Waals surface area contributed by atoms with Gasteiger partial charge in [0.1, 0.15) is 6.61 Å². The Morgan fingerprint density at radius 3 is 1.95 bits per heavy atom. The van der Waals surface area contributed by atoms with E-state index in [0.29, 0.717) is 0 Å². The average molecular weight is 791 g/mol. The number of nitrogens with one attached hydrogen (secondary N) is 2. The molecule has 0 aliphatic carbocycles. The quantitative estimate of drug-likeness (QED) is 0.0793. The van der Waals surface area contributed by atoms with E-state index in [1.54, 1.807) is 52.0 Å². The highest BCUT2D eigenvalue weighted by Gasteiger charge is 2.34. The molecule has 0 saturated heterocycles. The Morgan fingerprint density at radius 1 is 0.732 bits per heavy atom. The number of hydrogen-bond acceptors (Lipinski definition) is 10. The molecule has 0 fully saturated rings. The molecule has 0 aliphatic heterocycles. The third kappa shape index (κ3) is 15.4. The SMILES string of the molecule is C=S(C)(=O)/C=C/[C@H](CC(=O)OCC)NC(=O)[C@@H](CC(=O)[C@H](Cc1cccc2ccccc12)NC(=O)[C@H](CC(=O)OCC)CC(=O)OCc1ccccc1)C(C)C. The van der Waals surface area contributed by atoms with Crippen molar-refractivity contribution in [3.63, 3.8) is 0 Å². The van der Waals surface area contributed by atoms with Crippen LogP contribution in [0.15, 0.2) is 84.3 Å². The summed E-state index contributed by atoms with van der Waals surface area (Å²) >= 11 is 0. The molecular formula is C43H54N2O10S. The van der Waals surface area contributed by atoms with E-state index < -0.39 is 81.8 Å². The van der Waals surface area contributed by atoms with Gasteiger partial charge in [-0.05, 0) is 62.5 Å². The number of fused-ring (bicyclic) bond motifs is 1. The first-order chi connectivity index (χ1) is 26.6. The van der Waals surface area contributed by atoms with Gasteiger partial charge in [0.05, 0.1) is 50.5 Å². The predicted octanol–water partition coefficient (Wildman–Crippen LogP) is 5.10. The van der Waals surface area contributed by atoms with E-state index in [1.165, 1.54) is 17.7 Å². The highest BCUT2D eigenvalue weighted by molar-refractivity contribution is 8.02. The lowest BCUT2D eigenvalue weighted by Crippen LogP contribution is -2.48. The summed E-state index contributed by atoms with van der Waals surface area (Å²) < 4.78 is 27.9. The summed E-state index contributed by atoms with van der Waals surface area (Å²) in [5.74, 6) is -2.60. The first-order valence-electron chi connectivity index (χ1n) is 18.7. The Kier molecular flexibility index (Phi) is 18.0. The van der Waals surface area contributed by atoms with E-state index >= 15 is 0 Å². The second-order valence-corrected chi connectivity index (χ2v) is 16.4. The monoisotopic (exact) mass is 790 g/mol. The van der Waals surface area contributed by atoms with E-state index in [0.717, 1.165) is 21.9 Å². The van der Waals surface area contributed by atoms with E-state index in [-0.39, 0.29) is 45.0 Å². The molecule has 0 spiro atoms. The molecular weight excluding hydrogens is 737 g/mol. The first-order valence-corrected chi connectivity index (χ1v) is 20.9. The zero-order valence-electron chi connectivity index (χ0n) is 32.8. The Hall–Kier alpha value is -5.30. The van der Waals surface area contributed by atoms with Crippen LogP contribution >= 0.6 is 0 Å². The average Bonchev–Trinajstić information content (AvgIpc) is 3.14. The van der Waals surface area contributed by atoms with Crippen molar-refractivity contribution < 1.29 is 47.2 Å². The maximum Gasteiger partial charge on any atom is 0.308 e. The summed E-state index contributed by atoms with van der Waals surface area (Å²) in [6.45, 7) is 6.99. The minimum atomic E-state index is -2.61. The van der Waals surface area contributed by atoms with Gasteiger partial charge >= 0.3 is 17.9 Å². The lowest BCUT2D eigenvalue weighted by molar-refractivity contribution is -0.151. The Bertz CT molecular complexity index is 1950. The molecule has 0 aromatic heterocycles. The summed E-state index contributed by atoms with van der Waals surface area (Å²) in [5.41, 5.74) is 1.50. The molecule has 2 amide bonds. The molecule has 56 heavy (non-hydrogen) atoms. The van der Waals surface area contributed by atoms with Crippen molar-refractivity contribution in [2.24, 2.45) is 17.8 Å². The smallest absolute Gasteiger partial charge is 0.308 e. The van der Waals surface area contributed by atoms with Gasteiger partial charge < -0.3 is 24.8 Å². The summed E-state index contributed by atoms with van der Waals surface area (Å²) in [4.78, 5) is 80.2. The molecule has 3 rings (SSSR count). The molecule has 2 N–H and O–H groups in total. The number of Topliss-reactive ketones (excluding diaryl/α,β-unsaturated/α-hetero) is 1. The Labute approximate surface area is 329 Å². The van der Waals surface area contributed by atoms with Crippen molar-refractivity contribution in [3.8, 4) is 0 Å². The van der Waals surface area contributed by atoms with Crippen molar-refractivity contribution >= 4 is 61.7 Å². The summed E-state index contributed by atoms with van der Waals surface area (Å²) in [6, 6.07) is 20.1. The summed E-state index contributed by atoms with van der Waals surface area (Å²) in [6.07, 6.45) is 1.48. The van der Waals surface area contributed by atoms with E-state index in [2.05, 4.69) is 16.5 Å². The van der Waals surface area contributed by atoms with Crippen molar-refractivity contribution in [1.82, 2.24) is 10.6 Å². The number of ketones is 1. The maximum atomic E-state index is 14.4. The number of benzene rings is 3. The van der Waals surface area contributed by atoms with Crippen LogP contribution in [0.4, 0.5) is 0 Å². The second-order valence-electron chi connectivity index (χ2n) is 14.0. The van der Waals surface area contributed by atoms with Crippen LogP contribution in [0.2, 0.25) is 0 Å². The molecule has 0 aliphatic rings. The normalized spacial score (nSPS) is 14.5. The summed E-state index contributed by atoms with van der Waals surface area (Å²) in [5, 5.41) is 8.71. The second kappa shape index (κ2) is 22.3. The zero-order chi connectivity index (χ0) is 41.3. The Morgan fingerprint density at radius 2 is 1.32 bits per heavy atom. The molecule has 13 heteroatoms. The Balaban J connectivity index is 1.93. The van der Waals surface area contributed by atoms with Crippen molar-refractivity contribution in [2.45, 2.75) is 78.5 Å². The number of esters is 3. The largest absolute Gasteiger partial charge is 0.466 e. The molecule has 1 unspecified atom stereocenters. The number of hydrogen-bond donors (Lipinski definition) is 2. The first kappa shape index (κ1) is 45.1. The highest BCUT2D eigenvalue weighted by atomic mass is 32.2. The predicted molar refractivity (Wildman–Crippen MR) is 217 cm³/mol. The van der Waals surface area contributed by atoms with Gasteiger partial charge in [0.15, 0.2) is 5.78 Å². The number of rotatable bonds is 22. The van der Waals surface area contributed by atoms with Gasteiger partial charge in [0.25, 0.3) is 0 Å². The van der Waals surface area contributed by atoms with Gasteiger partial charge in [-0.3, -0.25) is 33.0 Å². The van der Waals surface area contributed by atoms with Crippen LogP contribution in [-0.4, -0.2) is 77.1 Å². The van der Waals surface area contributed by atoms with Crippen LogP contribution in [-0.2, 0) is 65.5 Å². The van der Waals surface area contributed by atoms with Gasteiger partial charge in [0.2, 0.25) is 11.8 Å². The number of carbonyl (C=O) groups is 6. The third-order valence-electron chi connectivity index (χ3n) is 8.93. The standard InChI is InChI=1S/C43H54N2O10S/c1-7-53-39(47)24-33(25-40(48)55-28-30-15-10-9-11-16-30)42(50)45-37(23-32-19-14-18-31-17-12-13-20-35(31)32)38(46)27-36(29(3)4)43(51)44-34(21-22-56(5,6)52)26-41(49)54-8-2/h9-22,29,33-34,36-37H,5,7-8,23-28H2,1-4,6H3,(H,44,51)(H,45,50)/b22-21+/t33-,34-,36+,37+,56?/m1/s1. The van der Waals surface area contributed by atoms with Crippen LogP contribution in [0.1, 0.15) is 64.5 Å². The fourth-order valence-electron chi connectivity index (χ4n) is 6.01. The fraction of sp³-hybridized carbons (Fsp3) is 0.419. The van der Waals surface area contributed by atoms with Crippen molar-refractivity contribution in [2.75, 3.05) is 19.5 Å². The van der Waals surface area contributed by atoms with Crippen molar-refractivity contribution in [1.29, 1.82) is 0 Å². The number of carbonyl (C=O) groups excluding carboxylic acids is 6. The van der Waals surface area contributed by atoms with E-state index in [1.807, 2.05) is 48.5 Å². The van der Waals surface area contributed by atoms with Crippen LogP contribution in [0.25, 0.3) is 10.8 Å². The van der Waals surface area contributed by atoms with Gasteiger partial charge in [-0.25, -0.2) is 0 Å². The molecule has 12 nitrogen and oxygen atoms in total. The molecule has 0 bridgehead atoms. The lowest BCUT2D eigenvalue weighted by atomic mass is 9.86. The highest BCUT2D eigenvalue weighted by Crippen LogP contribution is 2.24. The minimum absolute atomic E-state index is 0.0304. The molecule has 0 heterocycles. The van der Waals surface area contributed by atoms with Gasteiger partial charge in [-0.2, -0.15) is 0 Å². The maximum absolute atomic E-state index is 14.4. The van der Waals surface area contributed by atoms with Crippen LogP contribution in [0, 0.1) is 17.8 Å². The molecule has 0 radical (unpaired) electrons. The van der Waals surface area contributed by atoms with Crippen LogP contribution in [0.3, 0.4) is 0 Å². The summed E-state index contributed by atoms with van der Waals surface area (Å²) in [7, 11) is -2.61. The van der Waals surface area contributed by atoms with E-state index in [4.69, 9.17) is 14.2 Å². The fourth-order valence-corrected chi connectivity index (χ4v) is 6.53. The molecule has 0 saturated carbocycles. The molecule has 5 atom stereocenters. The molecule has 3 aromatic carbocycles.